The average molecular weight is 304 g/mol. The van der Waals surface area contributed by atoms with E-state index in [9.17, 15) is 0 Å². The highest BCUT2D eigenvalue weighted by atomic mass is 15.1. The van der Waals surface area contributed by atoms with Crippen LogP contribution in [0.15, 0.2) is 0 Å². The molecule has 0 N–H and O–H groups in total. The molecule has 5 fully saturated rings. The van der Waals surface area contributed by atoms with Gasteiger partial charge in [0, 0.05) is 13.1 Å². The van der Waals surface area contributed by atoms with Crippen molar-refractivity contribution in [2.75, 3.05) is 20.1 Å². The van der Waals surface area contributed by atoms with Crippen molar-refractivity contribution in [1.29, 1.82) is 0 Å². The number of fused-ring (bicyclic) bond motifs is 4. The lowest BCUT2D eigenvalue weighted by Crippen LogP contribution is -2.58. The van der Waals surface area contributed by atoms with Gasteiger partial charge in [-0.05, 0) is 85.0 Å². The fourth-order valence-corrected chi connectivity index (χ4v) is 7.96. The first-order valence-corrected chi connectivity index (χ1v) is 9.72. The molecule has 0 spiro atoms. The SMILES string of the molecule is CN1CC2CCC3(C)CC(C)(C1)C1(C)CCC2(C)CC3(C)C1. The molecule has 0 aromatic carbocycles. The van der Waals surface area contributed by atoms with E-state index in [1.165, 1.54) is 58.0 Å². The standard InChI is InChI=1S/C21H37N/c1-17-9-10-19(3)13-20(4,12-17)18(2)8-7-16(17)11-22(6)15-21(19,5)14-18/h16H,7-15H2,1-6H3. The maximum atomic E-state index is 2.71. The fourth-order valence-electron chi connectivity index (χ4n) is 7.96. The number of hydrogen-bond acceptors (Lipinski definition) is 1. The lowest BCUT2D eigenvalue weighted by molar-refractivity contribution is -0.143. The predicted octanol–water partition coefficient (Wildman–Crippen LogP) is 5.35. The van der Waals surface area contributed by atoms with Gasteiger partial charge in [0.1, 0.15) is 0 Å². The van der Waals surface area contributed by atoms with Crippen LogP contribution in [0.4, 0.5) is 0 Å². The summed E-state index contributed by atoms with van der Waals surface area (Å²) in [6.07, 6.45) is 10.3. The Morgan fingerprint density at radius 1 is 0.727 bits per heavy atom. The van der Waals surface area contributed by atoms with Crippen molar-refractivity contribution >= 4 is 0 Å². The van der Waals surface area contributed by atoms with Crippen LogP contribution >= 0.6 is 0 Å². The van der Waals surface area contributed by atoms with Gasteiger partial charge in [0.05, 0.1) is 0 Å². The van der Waals surface area contributed by atoms with Crippen LogP contribution in [-0.2, 0) is 0 Å². The molecule has 0 aromatic heterocycles. The first-order valence-electron chi connectivity index (χ1n) is 9.72. The van der Waals surface area contributed by atoms with Crippen molar-refractivity contribution in [2.45, 2.75) is 79.6 Å². The summed E-state index contributed by atoms with van der Waals surface area (Å²) >= 11 is 0. The summed E-state index contributed by atoms with van der Waals surface area (Å²) in [5, 5.41) is 0. The quantitative estimate of drug-likeness (QED) is 0.583. The van der Waals surface area contributed by atoms with Crippen molar-refractivity contribution in [2.24, 2.45) is 33.0 Å². The van der Waals surface area contributed by atoms with Gasteiger partial charge < -0.3 is 4.90 Å². The molecule has 6 bridgehead atoms. The van der Waals surface area contributed by atoms with Crippen LogP contribution in [0.25, 0.3) is 0 Å². The third-order valence-electron chi connectivity index (χ3n) is 9.70. The summed E-state index contributed by atoms with van der Waals surface area (Å²) in [6, 6.07) is 0. The molecule has 0 amide bonds. The third kappa shape index (κ3) is 1.75. The normalized spacial score (nSPS) is 61.6. The molecule has 2 saturated heterocycles. The second kappa shape index (κ2) is 4.13. The Bertz CT molecular complexity index is 500. The van der Waals surface area contributed by atoms with Crippen molar-refractivity contribution < 1.29 is 0 Å². The molecule has 1 heteroatoms. The van der Waals surface area contributed by atoms with Gasteiger partial charge in [-0.25, -0.2) is 0 Å². The second-order valence-corrected chi connectivity index (χ2v) is 11.4. The van der Waals surface area contributed by atoms with Crippen LogP contribution in [0.2, 0.25) is 0 Å². The van der Waals surface area contributed by atoms with Crippen LogP contribution in [0.3, 0.4) is 0 Å². The first-order chi connectivity index (χ1) is 10.0. The van der Waals surface area contributed by atoms with Crippen LogP contribution in [0.1, 0.15) is 79.6 Å². The molecule has 126 valence electrons. The lowest BCUT2D eigenvalue weighted by atomic mass is 9.42. The molecule has 0 radical (unpaired) electrons. The van der Waals surface area contributed by atoms with E-state index in [1.807, 2.05) is 0 Å². The van der Waals surface area contributed by atoms with Gasteiger partial charge in [-0.15, -0.1) is 0 Å². The summed E-state index contributed by atoms with van der Waals surface area (Å²) < 4.78 is 0. The van der Waals surface area contributed by atoms with Gasteiger partial charge in [-0.1, -0.05) is 34.6 Å². The van der Waals surface area contributed by atoms with Crippen LogP contribution in [0.5, 0.6) is 0 Å². The summed E-state index contributed by atoms with van der Waals surface area (Å²) in [5.74, 6) is 0.918. The summed E-state index contributed by atoms with van der Waals surface area (Å²) in [4.78, 5) is 2.71. The highest BCUT2D eigenvalue weighted by Crippen LogP contribution is 2.74. The largest absolute Gasteiger partial charge is 0.306 e. The van der Waals surface area contributed by atoms with Crippen molar-refractivity contribution in [3.8, 4) is 0 Å². The zero-order valence-corrected chi connectivity index (χ0v) is 15.9. The van der Waals surface area contributed by atoms with Crippen LogP contribution in [-0.4, -0.2) is 25.0 Å². The molecule has 2 aliphatic heterocycles. The zero-order chi connectivity index (χ0) is 16.0. The molecule has 6 unspecified atom stereocenters. The molecule has 6 atom stereocenters. The van der Waals surface area contributed by atoms with E-state index in [0.717, 1.165) is 5.92 Å². The Morgan fingerprint density at radius 2 is 1.36 bits per heavy atom. The number of rotatable bonds is 0. The molecule has 1 nitrogen and oxygen atoms in total. The smallest absolute Gasteiger partial charge is 0.00378 e. The van der Waals surface area contributed by atoms with Crippen molar-refractivity contribution in [3.05, 3.63) is 0 Å². The maximum absolute atomic E-state index is 2.71. The Morgan fingerprint density at radius 3 is 2.09 bits per heavy atom. The van der Waals surface area contributed by atoms with E-state index in [2.05, 4.69) is 46.6 Å². The molecule has 5 rings (SSSR count). The molecule has 22 heavy (non-hydrogen) atoms. The second-order valence-electron chi connectivity index (χ2n) is 11.4. The Hall–Kier alpha value is -0.0400. The van der Waals surface area contributed by atoms with Gasteiger partial charge in [0.15, 0.2) is 0 Å². The van der Waals surface area contributed by atoms with Crippen molar-refractivity contribution in [1.82, 2.24) is 4.90 Å². The number of hydrogen-bond donors (Lipinski definition) is 0. The molecule has 3 saturated carbocycles. The Balaban J connectivity index is 1.97. The van der Waals surface area contributed by atoms with Crippen LogP contribution < -0.4 is 0 Å². The Labute approximate surface area is 138 Å². The summed E-state index contributed by atoms with van der Waals surface area (Å²) in [5.41, 5.74) is 2.75. The first kappa shape index (κ1) is 15.5. The van der Waals surface area contributed by atoms with E-state index in [0.29, 0.717) is 27.1 Å². The van der Waals surface area contributed by atoms with Gasteiger partial charge in [-0.2, -0.15) is 0 Å². The summed E-state index contributed by atoms with van der Waals surface area (Å²) in [6.45, 7) is 16.0. The Kier molecular flexibility index (Phi) is 2.91. The third-order valence-corrected chi connectivity index (χ3v) is 9.70. The molecular formula is C21H37N. The lowest BCUT2D eigenvalue weighted by Gasteiger charge is -2.64. The highest BCUT2D eigenvalue weighted by molar-refractivity contribution is 5.16. The average Bonchev–Trinajstić information content (AvgIpc) is 2.48. The van der Waals surface area contributed by atoms with Crippen molar-refractivity contribution in [3.63, 3.8) is 0 Å². The van der Waals surface area contributed by atoms with E-state index in [-0.39, 0.29) is 0 Å². The summed E-state index contributed by atoms with van der Waals surface area (Å²) in [7, 11) is 2.41. The molecule has 2 heterocycles. The van der Waals surface area contributed by atoms with Gasteiger partial charge in [0.25, 0.3) is 0 Å². The molecular weight excluding hydrogens is 266 g/mol. The predicted molar refractivity (Wildman–Crippen MR) is 93.8 cm³/mol. The minimum Gasteiger partial charge on any atom is -0.306 e. The van der Waals surface area contributed by atoms with E-state index in [1.54, 1.807) is 0 Å². The highest BCUT2D eigenvalue weighted by Gasteiger charge is 2.66. The van der Waals surface area contributed by atoms with Gasteiger partial charge in [0.2, 0.25) is 0 Å². The molecule has 3 aliphatic carbocycles. The monoisotopic (exact) mass is 303 g/mol. The van der Waals surface area contributed by atoms with Gasteiger partial charge in [-0.3, -0.25) is 0 Å². The number of nitrogens with zero attached hydrogens (tertiary/aromatic N) is 1. The molecule has 5 aliphatic rings. The topological polar surface area (TPSA) is 3.24 Å². The molecule has 0 aromatic rings. The zero-order valence-electron chi connectivity index (χ0n) is 15.9. The van der Waals surface area contributed by atoms with E-state index < -0.39 is 0 Å². The fraction of sp³-hybridized carbons (Fsp3) is 1.00. The van der Waals surface area contributed by atoms with Gasteiger partial charge >= 0.3 is 0 Å². The maximum Gasteiger partial charge on any atom is 0.00378 e. The van der Waals surface area contributed by atoms with Crippen LogP contribution in [0, 0.1) is 33.0 Å². The minimum atomic E-state index is 0.500. The van der Waals surface area contributed by atoms with E-state index >= 15 is 0 Å². The minimum absolute atomic E-state index is 0.500. The van der Waals surface area contributed by atoms with E-state index in [4.69, 9.17) is 0 Å².